The molecule has 4 rings (SSSR count). The summed E-state index contributed by atoms with van der Waals surface area (Å²) in [5, 5.41) is 15.2. The van der Waals surface area contributed by atoms with E-state index in [4.69, 9.17) is 4.74 Å². The van der Waals surface area contributed by atoms with Crippen molar-refractivity contribution in [3.8, 4) is 6.07 Å². The number of likely N-dealkylation sites (tertiary alicyclic amines) is 1. The number of carbonyl (C=O) groups excluding carboxylic acids is 3. The Labute approximate surface area is 246 Å². The van der Waals surface area contributed by atoms with Crippen LogP contribution in [0.25, 0.3) is 0 Å². The Kier molecular flexibility index (Phi) is 8.67. The van der Waals surface area contributed by atoms with Crippen LogP contribution in [0.5, 0.6) is 0 Å². The van der Waals surface area contributed by atoms with Crippen LogP contribution in [-0.4, -0.2) is 39.9 Å². The molecule has 3 amide bonds. The molecule has 218 valence electrons. The van der Waals surface area contributed by atoms with Crippen LogP contribution in [0, 0.1) is 18.3 Å². The molecule has 3 aromatic rings. The number of benzene rings is 2. The highest BCUT2D eigenvalue weighted by molar-refractivity contribution is 6.08. The smallest absolute Gasteiger partial charge is 0.410 e. The summed E-state index contributed by atoms with van der Waals surface area (Å²) in [5.41, 5.74) is 2.74. The molecule has 9 nitrogen and oxygen atoms in total. The molecule has 0 aliphatic carbocycles. The van der Waals surface area contributed by atoms with E-state index in [0.29, 0.717) is 29.0 Å². The number of pyridine rings is 1. The number of carbonyl (C=O) groups is 3. The molecule has 0 spiro atoms. The summed E-state index contributed by atoms with van der Waals surface area (Å²) in [6.45, 7) is 11.5. The Hall–Kier alpha value is -4.71. The number of nitrogens with zero attached hydrogens (tertiary/aromatic N) is 3. The maximum atomic E-state index is 13.3. The summed E-state index contributed by atoms with van der Waals surface area (Å²) in [4.78, 5) is 45.1. The van der Waals surface area contributed by atoms with E-state index >= 15 is 0 Å². The predicted octanol–water partition coefficient (Wildman–Crippen LogP) is 6.77. The van der Waals surface area contributed by atoms with Gasteiger partial charge in [0.2, 0.25) is 0 Å². The van der Waals surface area contributed by atoms with E-state index in [1.165, 1.54) is 0 Å². The first-order chi connectivity index (χ1) is 19.8. The topological polar surface area (TPSA) is 124 Å². The molecule has 1 unspecified atom stereocenters. The molecule has 1 aliphatic rings. The van der Waals surface area contributed by atoms with Gasteiger partial charge in [0, 0.05) is 29.6 Å². The number of amides is 3. The van der Waals surface area contributed by atoms with Crippen molar-refractivity contribution in [1.29, 1.82) is 5.26 Å². The van der Waals surface area contributed by atoms with Gasteiger partial charge in [0.25, 0.3) is 11.8 Å². The molecule has 2 N–H and O–H groups in total. The Morgan fingerprint density at radius 3 is 2.43 bits per heavy atom. The van der Waals surface area contributed by atoms with E-state index in [1.807, 2.05) is 39.8 Å². The summed E-state index contributed by atoms with van der Waals surface area (Å²) in [6, 6.07) is 16.0. The fourth-order valence-electron chi connectivity index (χ4n) is 4.82. The monoisotopic (exact) mass is 567 g/mol. The van der Waals surface area contributed by atoms with Crippen LogP contribution < -0.4 is 10.6 Å². The molecule has 1 aliphatic heterocycles. The Bertz CT molecular complexity index is 1550. The quantitative estimate of drug-likeness (QED) is 0.339. The molecule has 42 heavy (non-hydrogen) atoms. The Balaban J connectivity index is 1.49. The van der Waals surface area contributed by atoms with Crippen LogP contribution in [0.1, 0.15) is 90.9 Å². The minimum atomic E-state index is -0.733. The zero-order valence-corrected chi connectivity index (χ0v) is 24.9. The van der Waals surface area contributed by atoms with Gasteiger partial charge in [-0.3, -0.25) is 14.6 Å². The summed E-state index contributed by atoms with van der Waals surface area (Å²) < 4.78 is 5.59. The second-order valence-corrected chi connectivity index (χ2v) is 12.1. The highest BCUT2D eigenvalue weighted by Gasteiger charge is 2.33. The number of nitrogens with one attached hydrogen (secondary N) is 2. The Morgan fingerprint density at radius 1 is 0.976 bits per heavy atom. The lowest BCUT2D eigenvalue weighted by Crippen LogP contribution is -2.36. The summed E-state index contributed by atoms with van der Waals surface area (Å²) in [5.74, 6) is -0.695. The van der Waals surface area contributed by atoms with Crippen LogP contribution in [-0.2, 0) is 10.2 Å². The van der Waals surface area contributed by atoms with Crippen molar-refractivity contribution in [3.63, 3.8) is 0 Å². The molecule has 1 atom stereocenters. The number of nitriles is 1. The van der Waals surface area contributed by atoms with Crippen LogP contribution in [0.15, 0.2) is 60.9 Å². The van der Waals surface area contributed by atoms with Gasteiger partial charge in [-0.2, -0.15) is 5.26 Å². The average molecular weight is 568 g/mol. The van der Waals surface area contributed by atoms with Gasteiger partial charge in [0.15, 0.2) is 0 Å². The highest BCUT2D eigenvalue weighted by atomic mass is 16.6. The highest BCUT2D eigenvalue weighted by Crippen LogP contribution is 2.34. The largest absolute Gasteiger partial charge is 0.444 e. The minimum Gasteiger partial charge on any atom is -0.444 e. The molecule has 0 saturated carbocycles. The first-order valence-corrected chi connectivity index (χ1v) is 14.0. The average Bonchev–Trinajstić information content (AvgIpc) is 3.44. The van der Waals surface area contributed by atoms with Gasteiger partial charge in [-0.1, -0.05) is 18.2 Å². The maximum Gasteiger partial charge on any atom is 0.410 e. The number of aryl methyl sites for hydroxylation is 1. The summed E-state index contributed by atoms with van der Waals surface area (Å²) in [7, 11) is 0. The van der Waals surface area contributed by atoms with Crippen molar-refractivity contribution in [2.75, 3.05) is 17.2 Å². The number of aromatic nitrogens is 1. The number of ether oxygens (including phenoxy) is 1. The number of rotatable bonds is 6. The fraction of sp³-hybridized carbons (Fsp3) is 0.364. The lowest BCUT2D eigenvalue weighted by Gasteiger charge is -2.28. The van der Waals surface area contributed by atoms with E-state index in [9.17, 15) is 19.6 Å². The van der Waals surface area contributed by atoms with Gasteiger partial charge in [-0.25, -0.2) is 4.79 Å². The van der Waals surface area contributed by atoms with Crippen molar-refractivity contribution < 1.29 is 19.1 Å². The van der Waals surface area contributed by atoms with Crippen LogP contribution in [0.3, 0.4) is 0 Å². The molecular formula is C33H37N5O4. The molecule has 1 saturated heterocycles. The zero-order valence-electron chi connectivity index (χ0n) is 24.9. The van der Waals surface area contributed by atoms with Gasteiger partial charge < -0.3 is 20.3 Å². The van der Waals surface area contributed by atoms with Crippen LogP contribution in [0.4, 0.5) is 16.2 Å². The normalized spacial score (nSPS) is 15.1. The molecule has 2 aromatic carbocycles. The second-order valence-electron chi connectivity index (χ2n) is 12.1. The van der Waals surface area contributed by atoms with Crippen LogP contribution in [0.2, 0.25) is 0 Å². The van der Waals surface area contributed by atoms with E-state index < -0.39 is 11.0 Å². The van der Waals surface area contributed by atoms with Gasteiger partial charge in [0.1, 0.15) is 5.60 Å². The third kappa shape index (κ3) is 7.13. The molecule has 1 aromatic heterocycles. The van der Waals surface area contributed by atoms with Crippen molar-refractivity contribution in [3.05, 3.63) is 88.7 Å². The van der Waals surface area contributed by atoms with E-state index in [0.717, 1.165) is 29.5 Å². The number of anilines is 2. The van der Waals surface area contributed by atoms with Crippen molar-refractivity contribution >= 4 is 29.3 Å². The van der Waals surface area contributed by atoms with E-state index in [2.05, 4.69) is 21.7 Å². The lowest BCUT2D eigenvalue weighted by atomic mass is 9.85. The third-order valence-corrected chi connectivity index (χ3v) is 7.15. The second kappa shape index (κ2) is 12.0. The number of hydrogen-bond acceptors (Lipinski definition) is 6. The first-order valence-electron chi connectivity index (χ1n) is 14.0. The van der Waals surface area contributed by atoms with Crippen molar-refractivity contribution in [2.24, 2.45) is 0 Å². The zero-order chi connectivity index (χ0) is 30.7. The molecule has 0 bridgehead atoms. The molecule has 0 radical (unpaired) electrons. The molecule has 2 heterocycles. The molecular weight excluding hydrogens is 530 g/mol. The molecule has 1 fully saturated rings. The predicted molar refractivity (Wildman–Crippen MR) is 161 cm³/mol. The van der Waals surface area contributed by atoms with Crippen molar-refractivity contribution in [2.45, 2.75) is 71.4 Å². The Morgan fingerprint density at radius 2 is 1.71 bits per heavy atom. The fourth-order valence-corrected chi connectivity index (χ4v) is 4.82. The van der Waals surface area contributed by atoms with Gasteiger partial charge in [-0.05, 0) is 101 Å². The first kappa shape index (κ1) is 30.3. The lowest BCUT2D eigenvalue weighted by molar-refractivity contribution is 0.0224. The third-order valence-electron chi connectivity index (χ3n) is 7.15. The minimum absolute atomic E-state index is 0.193. The standard InChI is InChI=1S/C33H37N5O4/c1-21-12-13-25(36-29(39)22-9-7-10-24(15-22)33(5,6)20-34)17-27(21)30(40)37-26-16-23(18-35-19-26)28-11-8-14-38(28)31(41)42-32(2,3)4/h7,9-10,12-13,15-19,28H,8,11,14H2,1-6H3,(H,36,39)(H,37,40). The van der Waals surface area contributed by atoms with Crippen LogP contribution >= 0.6 is 0 Å². The van der Waals surface area contributed by atoms with Gasteiger partial charge >= 0.3 is 6.09 Å². The maximum absolute atomic E-state index is 13.3. The molecule has 9 heteroatoms. The SMILES string of the molecule is Cc1ccc(NC(=O)c2cccc(C(C)(C)C#N)c2)cc1C(=O)Nc1cncc(C2CCCN2C(=O)OC(C)(C)C)c1. The summed E-state index contributed by atoms with van der Waals surface area (Å²) >= 11 is 0. The number of hydrogen-bond donors (Lipinski definition) is 2. The van der Waals surface area contributed by atoms with E-state index in [-0.39, 0.29) is 23.9 Å². The van der Waals surface area contributed by atoms with Gasteiger partial charge in [-0.15, -0.1) is 0 Å². The summed E-state index contributed by atoms with van der Waals surface area (Å²) in [6.07, 6.45) is 4.52. The van der Waals surface area contributed by atoms with Gasteiger partial charge in [0.05, 0.1) is 29.4 Å². The van der Waals surface area contributed by atoms with E-state index in [1.54, 1.807) is 67.5 Å². The van der Waals surface area contributed by atoms with Crippen molar-refractivity contribution in [1.82, 2.24) is 9.88 Å².